The maximum absolute atomic E-state index is 12.6. The van der Waals surface area contributed by atoms with Gasteiger partial charge in [0, 0.05) is 6.07 Å². The third-order valence-electron chi connectivity index (χ3n) is 7.20. The number of nitrogens with zero attached hydrogens (tertiary/aromatic N) is 5. The molecule has 2 saturated heterocycles. The number of amides is 1. The second-order valence-corrected chi connectivity index (χ2v) is 14.7. The first-order valence-corrected chi connectivity index (χ1v) is 18.1. The van der Waals surface area contributed by atoms with E-state index in [0.717, 1.165) is 0 Å². The van der Waals surface area contributed by atoms with Crippen molar-refractivity contribution >= 4 is 46.8 Å². The van der Waals surface area contributed by atoms with Gasteiger partial charge in [-0.05, 0) is 6.07 Å². The maximum Gasteiger partial charge on any atom is 0.481 e. The number of nitrogens with two attached hydrogens (primary N) is 2. The second kappa shape index (κ2) is 14.0. The number of primary amides is 1. The van der Waals surface area contributed by atoms with Gasteiger partial charge in [0.1, 0.15) is 61.0 Å². The van der Waals surface area contributed by atoms with Gasteiger partial charge >= 0.3 is 23.5 Å². The first-order chi connectivity index (χ1) is 22.4. The molecule has 5 heterocycles. The van der Waals surface area contributed by atoms with E-state index in [2.05, 4.69) is 23.8 Å². The van der Waals surface area contributed by atoms with Gasteiger partial charge in [-0.2, -0.15) is 8.88 Å². The van der Waals surface area contributed by atoms with Gasteiger partial charge in [-0.1, -0.05) is 0 Å². The molecule has 5 rings (SSSR count). The van der Waals surface area contributed by atoms with Crippen molar-refractivity contribution in [2.24, 2.45) is 26.4 Å². The van der Waals surface area contributed by atoms with Crippen molar-refractivity contribution in [2.75, 3.05) is 26.6 Å². The summed E-state index contributed by atoms with van der Waals surface area (Å²) in [6, 6.07) is 2.80. The minimum atomic E-state index is -5.51. The topological polar surface area (TPSA) is 362 Å². The Morgan fingerprint density at radius 1 is 0.979 bits per heavy atom. The Kier molecular flexibility index (Phi) is 10.7. The van der Waals surface area contributed by atoms with Gasteiger partial charge in [0.05, 0.1) is 13.2 Å². The summed E-state index contributed by atoms with van der Waals surface area (Å²) in [5, 5.41) is 31.6. The normalized spacial score (nSPS) is 33.0. The van der Waals surface area contributed by atoms with Crippen molar-refractivity contribution in [3.63, 3.8) is 0 Å². The predicted molar refractivity (Wildman–Crippen MR) is 153 cm³/mol. The van der Waals surface area contributed by atoms with Crippen LogP contribution >= 0.6 is 23.5 Å². The van der Waals surface area contributed by atoms with Gasteiger partial charge in [-0.15, -0.1) is 0 Å². The molecule has 1 aromatic rings. The molecule has 48 heavy (non-hydrogen) atoms. The number of phosphoric acid groups is 3. The van der Waals surface area contributed by atoms with E-state index in [1.54, 1.807) is 0 Å². The molecule has 11 N–H and O–H groups in total. The first kappa shape index (κ1) is 36.7. The summed E-state index contributed by atoms with van der Waals surface area (Å²) in [4.78, 5) is 63.9. The molecule has 0 aromatic carbocycles. The van der Waals surface area contributed by atoms with Crippen LogP contribution in [0.3, 0.4) is 0 Å². The smallest absolute Gasteiger partial charge is 0.387 e. The molecule has 0 spiro atoms. The minimum Gasteiger partial charge on any atom is -0.387 e. The molecule has 0 aliphatic carbocycles. The lowest BCUT2D eigenvalue weighted by atomic mass is 10.1. The molecule has 27 heteroatoms. The Balaban J connectivity index is 1.18. The lowest BCUT2D eigenvalue weighted by Crippen LogP contribution is -2.49. The van der Waals surface area contributed by atoms with Crippen molar-refractivity contribution in [2.45, 2.75) is 49.1 Å². The van der Waals surface area contributed by atoms with Crippen molar-refractivity contribution in [3.05, 3.63) is 30.1 Å². The fourth-order valence-corrected chi connectivity index (χ4v) is 7.67. The maximum atomic E-state index is 12.6. The van der Waals surface area contributed by atoms with Crippen LogP contribution in [-0.4, -0.2) is 132 Å². The highest BCUT2D eigenvalue weighted by Crippen LogP contribution is 2.61. The molecule has 4 aliphatic heterocycles. The number of hydrogen-bond donors (Lipinski definition) is 9. The van der Waals surface area contributed by atoms with Crippen molar-refractivity contribution in [1.82, 2.24) is 4.90 Å². The Morgan fingerprint density at radius 2 is 1.62 bits per heavy atom. The van der Waals surface area contributed by atoms with E-state index < -0.39 is 91.7 Å². The average Bonchev–Trinajstić information content (AvgIpc) is 3.64. The fourth-order valence-electron chi connectivity index (χ4n) is 5.04. The number of aliphatic imine (C=N–C) groups is 3. The van der Waals surface area contributed by atoms with Crippen LogP contribution in [-0.2, 0) is 41.1 Å². The van der Waals surface area contributed by atoms with E-state index in [1.807, 2.05) is 0 Å². The number of carbonyl (C=O) groups excluding carboxylic acids is 1. The van der Waals surface area contributed by atoms with E-state index in [9.17, 15) is 53.4 Å². The summed E-state index contributed by atoms with van der Waals surface area (Å²) >= 11 is 0. The zero-order valence-corrected chi connectivity index (χ0v) is 26.9. The highest BCUT2D eigenvalue weighted by molar-refractivity contribution is 7.61. The largest absolute Gasteiger partial charge is 0.481 e. The lowest BCUT2D eigenvalue weighted by molar-refractivity contribution is -0.765. The SMILES string of the molecule is NC(=O)c1ccc[n+]([C@@H]2O[C@H](COP(=O)(O)OP(=O)(O)OC[C@H]3O[C@@H](N4CN=C5C(N)=NCN=C54)[C@@H](OP(=O)(O)O)[C@@H]3O)[C@H](O)[C@@H]2O)c1. The molecule has 10 atom stereocenters. The molecule has 1 aromatic heterocycles. The zero-order valence-electron chi connectivity index (χ0n) is 24.2. The molecule has 2 unspecified atom stereocenters. The number of ether oxygens (including phenoxy) is 2. The molecule has 1 amide bonds. The number of aliphatic hydroxyl groups is 3. The molecule has 0 saturated carbocycles. The van der Waals surface area contributed by atoms with E-state index in [1.165, 1.54) is 34.0 Å². The Labute approximate surface area is 269 Å². The van der Waals surface area contributed by atoms with E-state index in [-0.39, 0.29) is 36.3 Å². The molecule has 0 bridgehead atoms. The average molecular weight is 746 g/mol. The summed E-state index contributed by atoms with van der Waals surface area (Å²) in [6.45, 7) is -2.32. The van der Waals surface area contributed by atoms with E-state index in [4.69, 9.17) is 30.0 Å². The Hall–Kier alpha value is -2.60. The zero-order chi connectivity index (χ0) is 35.2. The van der Waals surface area contributed by atoms with Crippen LogP contribution in [0.1, 0.15) is 16.6 Å². The number of carbonyl (C=O) groups is 1. The molecule has 266 valence electrons. The highest BCUT2D eigenvalue weighted by atomic mass is 31.3. The van der Waals surface area contributed by atoms with Gasteiger partial charge in [0.2, 0.25) is 0 Å². The number of amidine groups is 2. The van der Waals surface area contributed by atoms with Crippen molar-refractivity contribution < 1.29 is 85.3 Å². The van der Waals surface area contributed by atoms with E-state index in [0.29, 0.717) is 0 Å². The van der Waals surface area contributed by atoms with Crippen molar-refractivity contribution in [3.8, 4) is 0 Å². The van der Waals surface area contributed by atoms with Gasteiger partial charge < -0.3 is 60.7 Å². The molecular weight excluding hydrogens is 715 g/mol. The highest BCUT2D eigenvalue weighted by Gasteiger charge is 2.53. The van der Waals surface area contributed by atoms with Gasteiger partial charge in [0.25, 0.3) is 12.1 Å². The van der Waals surface area contributed by atoms with Crippen LogP contribution in [0, 0.1) is 0 Å². The molecular formula is C21H31N7O17P3+. The van der Waals surface area contributed by atoms with Gasteiger partial charge in [0.15, 0.2) is 30.6 Å². The second-order valence-electron chi connectivity index (χ2n) is 10.5. The number of aromatic nitrogens is 1. The van der Waals surface area contributed by atoms with Crippen LogP contribution in [0.4, 0.5) is 0 Å². The Morgan fingerprint density at radius 3 is 2.25 bits per heavy atom. The number of pyridine rings is 1. The number of rotatable bonds is 13. The number of hydrogen-bond acceptors (Lipinski definition) is 18. The Bertz CT molecular complexity index is 1660. The predicted octanol–water partition coefficient (Wildman–Crippen LogP) is -4.05. The van der Waals surface area contributed by atoms with Crippen molar-refractivity contribution in [1.29, 1.82) is 0 Å². The van der Waals surface area contributed by atoms with Crippen LogP contribution in [0.5, 0.6) is 0 Å². The summed E-state index contributed by atoms with van der Waals surface area (Å²) in [5.74, 6) is -0.644. The van der Waals surface area contributed by atoms with Crippen LogP contribution < -0.4 is 16.0 Å². The monoisotopic (exact) mass is 746 g/mol. The van der Waals surface area contributed by atoms with E-state index >= 15 is 0 Å². The first-order valence-electron chi connectivity index (χ1n) is 13.6. The minimum absolute atomic E-state index is 0.0290. The quantitative estimate of drug-likeness (QED) is 0.0685. The number of fused-ring (bicyclic) bond motifs is 1. The summed E-state index contributed by atoms with van der Waals surface area (Å²) in [5.41, 5.74) is 11.2. The molecule has 0 radical (unpaired) electrons. The van der Waals surface area contributed by atoms with Crippen LogP contribution in [0.15, 0.2) is 39.5 Å². The van der Waals surface area contributed by atoms with Crippen LogP contribution in [0.25, 0.3) is 0 Å². The standard InChI is InChI=1S/C21H30N7O17P3/c22-17-12-19(25-7-24-17)28(8-26-12)21-16(44-46(33,34)35)14(30)11(43-21)6-41-48(38,39)45-47(36,37)40-5-10-13(29)15(31)20(42-10)27-3-1-2-9(4-27)18(23)32/h1-4,10-11,13-16,20-21,29-31H,5-8H2,(H7-,22,23,24,32,33,34,35,36,37,38,39)/p+1/t10-,11-,13+,14-,15+,16+,20-,21-/m1/s1. The van der Waals surface area contributed by atoms with Crippen LogP contribution in [0.2, 0.25) is 0 Å². The van der Waals surface area contributed by atoms with Gasteiger partial charge in [-0.25, -0.2) is 23.7 Å². The number of phosphoric ester groups is 3. The molecule has 4 aliphatic rings. The third-order valence-corrected chi connectivity index (χ3v) is 10.3. The summed E-state index contributed by atoms with van der Waals surface area (Å²) < 4.78 is 67.4. The summed E-state index contributed by atoms with van der Waals surface area (Å²) in [6.07, 6.45) is -10.3. The lowest BCUT2D eigenvalue weighted by Gasteiger charge is -2.30. The molecule has 24 nitrogen and oxygen atoms in total. The number of aliphatic hydroxyl groups excluding tert-OH is 3. The third kappa shape index (κ3) is 8.22. The summed E-state index contributed by atoms with van der Waals surface area (Å²) in [7, 11) is -16.2. The molecule has 2 fully saturated rings. The van der Waals surface area contributed by atoms with Gasteiger partial charge in [-0.3, -0.25) is 23.4 Å². The fraction of sp³-hybridized carbons (Fsp3) is 0.571.